The van der Waals surface area contributed by atoms with Crippen molar-refractivity contribution < 1.29 is 28.6 Å². The van der Waals surface area contributed by atoms with E-state index in [1.807, 2.05) is 0 Å². The topological polar surface area (TPSA) is 90.9 Å². The predicted molar refractivity (Wildman–Crippen MR) is 87.9 cm³/mol. The van der Waals surface area contributed by atoms with E-state index >= 15 is 0 Å². The summed E-state index contributed by atoms with van der Waals surface area (Å²) in [5, 5.41) is 2.65. The maximum atomic E-state index is 12.2. The van der Waals surface area contributed by atoms with Crippen molar-refractivity contribution in [2.75, 3.05) is 12.1 Å². The summed E-state index contributed by atoms with van der Waals surface area (Å²) in [4.78, 5) is 34.8. The molecule has 0 aliphatic carbocycles. The number of rotatable bonds is 5. The van der Waals surface area contributed by atoms with Crippen LogP contribution >= 0.6 is 0 Å². The van der Waals surface area contributed by atoms with Gasteiger partial charge in [-0.05, 0) is 31.2 Å². The molecular formula is C18H15NO6. The molecule has 2 aromatic rings. The van der Waals surface area contributed by atoms with Gasteiger partial charge in [-0.25, -0.2) is 4.79 Å². The van der Waals surface area contributed by atoms with Crippen molar-refractivity contribution in [3.8, 4) is 11.5 Å². The van der Waals surface area contributed by atoms with Crippen LogP contribution in [0.3, 0.4) is 0 Å². The van der Waals surface area contributed by atoms with E-state index in [9.17, 15) is 14.4 Å². The molecule has 0 spiro atoms. The van der Waals surface area contributed by atoms with Crippen molar-refractivity contribution in [3.63, 3.8) is 0 Å². The number of aldehydes is 1. The summed E-state index contributed by atoms with van der Waals surface area (Å²) >= 11 is 0. The fourth-order valence-electron chi connectivity index (χ4n) is 2.20. The molecule has 0 fully saturated rings. The first-order valence-corrected chi connectivity index (χ1v) is 7.53. The molecule has 0 unspecified atom stereocenters. The first kappa shape index (κ1) is 16.5. The molecule has 1 aliphatic heterocycles. The highest BCUT2D eigenvalue weighted by Gasteiger charge is 2.20. The van der Waals surface area contributed by atoms with Crippen molar-refractivity contribution in [2.24, 2.45) is 0 Å². The zero-order valence-electron chi connectivity index (χ0n) is 13.4. The van der Waals surface area contributed by atoms with Crippen molar-refractivity contribution in [2.45, 2.75) is 13.0 Å². The second kappa shape index (κ2) is 7.04. The van der Waals surface area contributed by atoms with Crippen LogP contribution in [0.5, 0.6) is 11.5 Å². The lowest BCUT2D eigenvalue weighted by Gasteiger charge is -2.14. The largest absolute Gasteiger partial charge is 0.454 e. The normalized spacial score (nSPS) is 13.0. The first-order chi connectivity index (χ1) is 12.1. The number of hydrogen-bond acceptors (Lipinski definition) is 6. The van der Waals surface area contributed by atoms with Gasteiger partial charge in [-0.1, -0.05) is 12.1 Å². The van der Waals surface area contributed by atoms with Gasteiger partial charge in [0.25, 0.3) is 5.91 Å². The van der Waals surface area contributed by atoms with Crippen LogP contribution in [-0.2, 0) is 9.53 Å². The van der Waals surface area contributed by atoms with Crippen LogP contribution in [0.25, 0.3) is 0 Å². The standard InChI is InChI=1S/C18H15NO6/c1-11(25-18(22)13-4-2-12(9-20)3-5-13)17(21)19-14-6-7-15-16(8-14)24-10-23-15/h2-9,11H,10H2,1H3,(H,19,21)/t11-/m1/s1. The quantitative estimate of drug-likeness (QED) is 0.663. The number of esters is 1. The molecule has 25 heavy (non-hydrogen) atoms. The first-order valence-electron chi connectivity index (χ1n) is 7.53. The summed E-state index contributed by atoms with van der Waals surface area (Å²) in [6.45, 7) is 1.61. The van der Waals surface area contributed by atoms with Gasteiger partial charge in [0.2, 0.25) is 6.79 Å². The highest BCUT2D eigenvalue weighted by Crippen LogP contribution is 2.34. The van der Waals surface area contributed by atoms with Gasteiger partial charge in [0.05, 0.1) is 5.56 Å². The molecule has 0 aromatic heterocycles. The number of carbonyl (C=O) groups excluding carboxylic acids is 3. The van der Waals surface area contributed by atoms with Gasteiger partial charge in [-0.3, -0.25) is 9.59 Å². The summed E-state index contributed by atoms with van der Waals surface area (Å²) < 4.78 is 15.6. The molecule has 1 aliphatic rings. The molecule has 0 bridgehead atoms. The van der Waals surface area contributed by atoms with E-state index in [1.54, 1.807) is 18.2 Å². The Balaban J connectivity index is 1.60. The Morgan fingerprint density at radius 1 is 1.12 bits per heavy atom. The fourth-order valence-corrected chi connectivity index (χ4v) is 2.20. The number of nitrogens with one attached hydrogen (secondary N) is 1. The second-order valence-electron chi connectivity index (χ2n) is 5.34. The van der Waals surface area contributed by atoms with Gasteiger partial charge in [0.1, 0.15) is 6.29 Å². The van der Waals surface area contributed by atoms with Crippen LogP contribution in [0.4, 0.5) is 5.69 Å². The Kier molecular flexibility index (Phi) is 4.65. The van der Waals surface area contributed by atoms with E-state index in [2.05, 4.69) is 5.32 Å². The minimum Gasteiger partial charge on any atom is -0.454 e. The van der Waals surface area contributed by atoms with Crippen molar-refractivity contribution >= 4 is 23.9 Å². The minimum atomic E-state index is -0.997. The molecule has 7 heteroatoms. The summed E-state index contributed by atoms with van der Waals surface area (Å²) in [5.41, 5.74) is 1.21. The van der Waals surface area contributed by atoms with Gasteiger partial charge in [-0.2, -0.15) is 0 Å². The highest BCUT2D eigenvalue weighted by molar-refractivity contribution is 5.97. The van der Waals surface area contributed by atoms with Crippen molar-refractivity contribution in [1.82, 2.24) is 0 Å². The number of hydrogen-bond donors (Lipinski definition) is 1. The smallest absolute Gasteiger partial charge is 0.338 e. The van der Waals surface area contributed by atoms with Crippen LogP contribution in [0.15, 0.2) is 42.5 Å². The number of benzene rings is 2. The second-order valence-corrected chi connectivity index (χ2v) is 5.34. The minimum absolute atomic E-state index is 0.143. The summed E-state index contributed by atoms with van der Waals surface area (Å²) in [5.74, 6) is 0.0245. The molecule has 2 aromatic carbocycles. The van der Waals surface area contributed by atoms with Gasteiger partial charge in [0, 0.05) is 17.3 Å². The van der Waals surface area contributed by atoms with Crippen LogP contribution < -0.4 is 14.8 Å². The molecule has 128 valence electrons. The fraction of sp³-hybridized carbons (Fsp3) is 0.167. The van der Waals surface area contributed by atoms with E-state index < -0.39 is 18.0 Å². The van der Waals surface area contributed by atoms with Gasteiger partial charge < -0.3 is 19.5 Å². The number of anilines is 1. The SMILES string of the molecule is C[C@@H](OC(=O)c1ccc(C=O)cc1)C(=O)Nc1ccc2c(c1)OCO2. The summed E-state index contributed by atoms with van der Waals surface area (Å²) in [6, 6.07) is 10.9. The van der Waals surface area contributed by atoms with Crippen molar-refractivity contribution in [1.29, 1.82) is 0 Å². The third kappa shape index (κ3) is 3.77. The number of amides is 1. The Bertz CT molecular complexity index is 815. The molecule has 7 nitrogen and oxygen atoms in total. The molecule has 3 rings (SSSR count). The van der Waals surface area contributed by atoms with E-state index in [0.29, 0.717) is 29.0 Å². The highest BCUT2D eigenvalue weighted by atomic mass is 16.7. The lowest BCUT2D eigenvalue weighted by molar-refractivity contribution is -0.123. The number of carbonyl (C=O) groups is 3. The van der Waals surface area contributed by atoms with Crippen LogP contribution in [0, 0.1) is 0 Å². The number of ether oxygens (including phenoxy) is 3. The number of fused-ring (bicyclic) bond motifs is 1. The van der Waals surface area contributed by atoms with E-state index in [-0.39, 0.29) is 12.4 Å². The van der Waals surface area contributed by atoms with E-state index in [0.717, 1.165) is 0 Å². The van der Waals surface area contributed by atoms with Crippen molar-refractivity contribution in [3.05, 3.63) is 53.6 Å². The average Bonchev–Trinajstić information content (AvgIpc) is 3.09. The van der Waals surface area contributed by atoms with Gasteiger partial charge >= 0.3 is 5.97 Å². The zero-order chi connectivity index (χ0) is 17.8. The predicted octanol–water partition coefficient (Wildman–Crippen LogP) is 2.41. The molecular weight excluding hydrogens is 326 g/mol. The van der Waals surface area contributed by atoms with Gasteiger partial charge in [-0.15, -0.1) is 0 Å². The molecule has 1 N–H and O–H groups in total. The Morgan fingerprint density at radius 3 is 2.56 bits per heavy atom. The van der Waals surface area contributed by atoms with E-state index in [1.165, 1.54) is 31.2 Å². The molecule has 0 saturated carbocycles. The van der Waals surface area contributed by atoms with Crippen LogP contribution in [-0.4, -0.2) is 31.1 Å². The third-order valence-electron chi connectivity index (χ3n) is 3.58. The summed E-state index contributed by atoms with van der Waals surface area (Å²) in [7, 11) is 0. The molecule has 1 heterocycles. The Labute approximate surface area is 143 Å². The summed E-state index contributed by atoms with van der Waals surface area (Å²) in [6.07, 6.45) is -0.319. The van der Waals surface area contributed by atoms with Crippen LogP contribution in [0.1, 0.15) is 27.6 Å². The molecule has 1 atom stereocenters. The third-order valence-corrected chi connectivity index (χ3v) is 3.58. The molecule has 1 amide bonds. The molecule has 0 saturated heterocycles. The lowest BCUT2D eigenvalue weighted by atomic mass is 10.1. The van der Waals surface area contributed by atoms with Crippen LogP contribution in [0.2, 0.25) is 0 Å². The van der Waals surface area contributed by atoms with E-state index in [4.69, 9.17) is 14.2 Å². The molecule has 0 radical (unpaired) electrons. The maximum absolute atomic E-state index is 12.2. The monoisotopic (exact) mass is 341 g/mol. The zero-order valence-corrected chi connectivity index (χ0v) is 13.4. The Hall–Kier alpha value is -3.35. The Morgan fingerprint density at radius 2 is 1.84 bits per heavy atom. The maximum Gasteiger partial charge on any atom is 0.338 e. The lowest BCUT2D eigenvalue weighted by Crippen LogP contribution is -2.30. The average molecular weight is 341 g/mol. The van der Waals surface area contributed by atoms with Gasteiger partial charge in [0.15, 0.2) is 17.6 Å².